The van der Waals surface area contributed by atoms with E-state index in [0.29, 0.717) is 18.5 Å². The molecule has 1 aromatic carbocycles. The van der Waals surface area contributed by atoms with Crippen molar-refractivity contribution in [2.24, 2.45) is 5.92 Å². The Bertz CT molecular complexity index is 530. The van der Waals surface area contributed by atoms with Gasteiger partial charge in [-0.15, -0.1) is 0 Å². The van der Waals surface area contributed by atoms with Crippen LogP contribution in [0.1, 0.15) is 37.8 Å². The van der Waals surface area contributed by atoms with Gasteiger partial charge in [0.05, 0.1) is 6.26 Å². The van der Waals surface area contributed by atoms with E-state index in [1.807, 2.05) is 6.07 Å². The molecular formula is C16H26N2O2S. The molecule has 5 heteroatoms. The quantitative estimate of drug-likeness (QED) is 0.878. The van der Waals surface area contributed by atoms with E-state index in [4.69, 9.17) is 0 Å². The summed E-state index contributed by atoms with van der Waals surface area (Å²) in [5, 5.41) is 0. The van der Waals surface area contributed by atoms with E-state index >= 15 is 0 Å². The first-order chi connectivity index (χ1) is 9.99. The molecule has 1 N–H and O–H groups in total. The normalized spacial score (nSPS) is 22.1. The van der Waals surface area contributed by atoms with Gasteiger partial charge in [-0.25, -0.2) is 13.1 Å². The molecule has 2 atom stereocenters. The largest absolute Gasteiger partial charge is 0.296 e. The number of piperidine rings is 1. The van der Waals surface area contributed by atoms with Crippen LogP contribution in [-0.4, -0.2) is 39.2 Å². The zero-order valence-corrected chi connectivity index (χ0v) is 13.8. The number of rotatable bonds is 6. The van der Waals surface area contributed by atoms with Crippen LogP contribution < -0.4 is 4.72 Å². The third-order valence-electron chi connectivity index (χ3n) is 4.20. The molecule has 118 valence electrons. The predicted molar refractivity (Wildman–Crippen MR) is 86.6 cm³/mol. The van der Waals surface area contributed by atoms with Crippen LogP contribution in [0, 0.1) is 5.92 Å². The Labute approximate surface area is 128 Å². The fourth-order valence-electron chi connectivity index (χ4n) is 3.20. The van der Waals surface area contributed by atoms with Crippen molar-refractivity contribution in [2.45, 2.75) is 32.2 Å². The Morgan fingerprint density at radius 2 is 2.05 bits per heavy atom. The van der Waals surface area contributed by atoms with E-state index in [1.165, 1.54) is 11.8 Å². The van der Waals surface area contributed by atoms with E-state index in [1.54, 1.807) is 0 Å². The summed E-state index contributed by atoms with van der Waals surface area (Å²) in [6.45, 7) is 4.84. The van der Waals surface area contributed by atoms with Crippen molar-refractivity contribution in [3.63, 3.8) is 0 Å². The Morgan fingerprint density at radius 1 is 1.33 bits per heavy atom. The van der Waals surface area contributed by atoms with Crippen LogP contribution in [0.5, 0.6) is 0 Å². The number of nitrogens with one attached hydrogen (secondary N) is 1. The number of benzene rings is 1. The molecule has 0 aliphatic carbocycles. The second-order valence-electron chi connectivity index (χ2n) is 5.96. The van der Waals surface area contributed by atoms with Gasteiger partial charge in [-0.2, -0.15) is 0 Å². The molecule has 1 aliphatic rings. The maximum atomic E-state index is 11.2. The molecule has 0 unspecified atom stereocenters. The summed E-state index contributed by atoms with van der Waals surface area (Å²) in [7, 11) is -3.09. The lowest BCUT2D eigenvalue weighted by Crippen LogP contribution is -2.42. The van der Waals surface area contributed by atoms with Crippen LogP contribution in [0.3, 0.4) is 0 Å². The van der Waals surface area contributed by atoms with Crippen molar-refractivity contribution in [3.8, 4) is 0 Å². The van der Waals surface area contributed by atoms with Gasteiger partial charge in [0.25, 0.3) is 0 Å². The highest BCUT2D eigenvalue weighted by Crippen LogP contribution is 2.29. The molecule has 1 saturated heterocycles. The molecule has 0 spiro atoms. The fourth-order valence-corrected chi connectivity index (χ4v) is 3.73. The average molecular weight is 310 g/mol. The first-order valence-electron chi connectivity index (χ1n) is 7.73. The summed E-state index contributed by atoms with van der Waals surface area (Å²) in [6, 6.07) is 11.0. The van der Waals surface area contributed by atoms with Crippen molar-refractivity contribution in [3.05, 3.63) is 35.9 Å². The molecule has 0 amide bonds. The third-order valence-corrected chi connectivity index (χ3v) is 4.89. The standard InChI is InChI=1S/C16H26N2O2S/c1-3-16(15-9-5-4-6-10-15)18-11-7-8-14(13-18)12-17-21(2,19)20/h4-6,9-10,14,16-17H,3,7-8,11-13H2,1-2H3/t14-,16-/m0/s1. The third kappa shape index (κ3) is 5.09. The highest BCUT2D eigenvalue weighted by atomic mass is 32.2. The molecule has 4 nitrogen and oxygen atoms in total. The summed E-state index contributed by atoms with van der Waals surface area (Å²) in [5.41, 5.74) is 1.36. The van der Waals surface area contributed by atoms with Crippen molar-refractivity contribution in [1.29, 1.82) is 0 Å². The van der Waals surface area contributed by atoms with Crippen LogP contribution in [0.4, 0.5) is 0 Å². The van der Waals surface area contributed by atoms with E-state index in [9.17, 15) is 8.42 Å². The molecular weight excluding hydrogens is 284 g/mol. The van der Waals surface area contributed by atoms with Gasteiger partial charge >= 0.3 is 0 Å². The van der Waals surface area contributed by atoms with Gasteiger partial charge < -0.3 is 0 Å². The fraction of sp³-hybridized carbons (Fsp3) is 0.625. The number of sulfonamides is 1. The minimum absolute atomic E-state index is 0.409. The minimum atomic E-state index is -3.09. The van der Waals surface area contributed by atoms with Gasteiger partial charge in [-0.05, 0) is 37.3 Å². The molecule has 1 aromatic rings. The molecule has 0 aromatic heterocycles. The van der Waals surface area contributed by atoms with Crippen LogP contribution in [0.25, 0.3) is 0 Å². The summed E-state index contributed by atoms with van der Waals surface area (Å²) in [6.07, 6.45) is 4.55. The Morgan fingerprint density at radius 3 is 2.67 bits per heavy atom. The highest BCUT2D eigenvalue weighted by Gasteiger charge is 2.26. The first kappa shape index (κ1) is 16.5. The minimum Gasteiger partial charge on any atom is -0.296 e. The Hall–Kier alpha value is -0.910. The maximum absolute atomic E-state index is 11.2. The van der Waals surface area contributed by atoms with Crippen LogP contribution >= 0.6 is 0 Å². The second-order valence-corrected chi connectivity index (χ2v) is 7.79. The molecule has 1 heterocycles. The van der Waals surface area contributed by atoms with E-state index < -0.39 is 10.0 Å². The van der Waals surface area contributed by atoms with Crippen molar-refractivity contribution in [2.75, 3.05) is 25.9 Å². The van der Waals surface area contributed by atoms with Gasteiger partial charge in [0, 0.05) is 19.1 Å². The molecule has 0 saturated carbocycles. The van der Waals surface area contributed by atoms with E-state index in [2.05, 4.69) is 40.8 Å². The number of hydrogen-bond donors (Lipinski definition) is 1. The molecule has 0 radical (unpaired) electrons. The Kier molecular flexibility index (Phi) is 5.79. The lowest BCUT2D eigenvalue weighted by Gasteiger charge is -2.38. The average Bonchev–Trinajstić information content (AvgIpc) is 2.47. The molecule has 1 aliphatic heterocycles. The van der Waals surface area contributed by atoms with Crippen molar-refractivity contribution in [1.82, 2.24) is 9.62 Å². The first-order valence-corrected chi connectivity index (χ1v) is 9.62. The zero-order chi connectivity index (χ0) is 15.3. The Balaban J connectivity index is 1.99. The molecule has 1 fully saturated rings. The lowest BCUT2D eigenvalue weighted by molar-refractivity contribution is 0.121. The summed E-state index contributed by atoms with van der Waals surface area (Å²) < 4.78 is 25.1. The second kappa shape index (κ2) is 7.38. The number of nitrogens with zero attached hydrogens (tertiary/aromatic N) is 1. The summed E-state index contributed by atoms with van der Waals surface area (Å²) in [4.78, 5) is 2.51. The smallest absolute Gasteiger partial charge is 0.208 e. The van der Waals surface area contributed by atoms with E-state index in [-0.39, 0.29) is 0 Å². The monoisotopic (exact) mass is 310 g/mol. The van der Waals surface area contributed by atoms with Gasteiger partial charge in [-0.1, -0.05) is 37.3 Å². The molecule has 2 rings (SSSR count). The van der Waals surface area contributed by atoms with Gasteiger partial charge in [0.15, 0.2) is 0 Å². The zero-order valence-electron chi connectivity index (χ0n) is 13.0. The topological polar surface area (TPSA) is 49.4 Å². The van der Waals surface area contributed by atoms with Gasteiger partial charge in [-0.3, -0.25) is 4.90 Å². The SMILES string of the molecule is CC[C@@H](c1ccccc1)N1CCC[C@@H](CNS(C)(=O)=O)C1. The van der Waals surface area contributed by atoms with Gasteiger partial charge in [0.2, 0.25) is 10.0 Å². The van der Waals surface area contributed by atoms with Crippen LogP contribution in [0.15, 0.2) is 30.3 Å². The summed E-state index contributed by atoms with van der Waals surface area (Å²) in [5.74, 6) is 0.409. The number of likely N-dealkylation sites (tertiary alicyclic amines) is 1. The maximum Gasteiger partial charge on any atom is 0.208 e. The predicted octanol–water partition coefficient (Wildman–Crippen LogP) is 2.40. The molecule has 21 heavy (non-hydrogen) atoms. The van der Waals surface area contributed by atoms with Crippen molar-refractivity contribution < 1.29 is 8.42 Å². The van der Waals surface area contributed by atoms with Crippen molar-refractivity contribution >= 4 is 10.0 Å². The number of hydrogen-bond acceptors (Lipinski definition) is 3. The lowest BCUT2D eigenvalue weighted by atomic mass is 9.94. The summed E-state index contributed by atoms with van der Waals surface area (Å²) >= 11 is 0. The highest BCUT2D eigenvalue weighted by molar-refractivity contribution is 7.88. The van der Waals surface area contributed by atoms with Crippen LogP contribution in [0.2, 0.25) is 0 Å². The van der Waals surface area contributed by atoms with E-state index in [0.717, 1.165) is 32.4 Å². The van der Waals surface area contributed by atoms with Gasteiger partial charge in [0.1, 0.15) is 0 Å². The molecule has 0 bridgehead atoms. The van der Waals surface area contributed by atoms with Crippen LogP contribution in [-0.2, 0) is 10.0 Å².